The maximum absolute atomic E-state index is 13.7. The smallest absolute Gasteiger partial charge is 0.260 e. The topological polar surface area (TPSA) is 20.3 Å². The third kappa shape index (κ3) is 2.85. The molecule has 1 unspecified atom stereocenters. The van der Waals surface area contributed by atoms with E-state index in [4.69, 9.17) is 0 Å². The van der Waals surface area contributed by atoms with E-state index in [1.165, 1.54) is 0 Å². The summed E-state index contributed by atoms with van der Waals surface area (Å²) in [5, 5.41) is 0. The molecule has 1 amide bonds. The number of benzene rings is 3. The van der Waals surface area contributed by atoms with E-state index in [0.717, 1.165) is 28.0 Å². The summed E-state index contributed by atoms with van der Waals surface area (Å²) in [5.74, 6) is -0.00452. The van der Waals surface area contributed by atoms with Gasteiger partial charge in [0, 0.05) is 11.3 Å². The SMILES string of the molecule is C=C/C=C(\C=C/C)C1(c2ccccc2)c2ccccc2C(=O)N1c1ccccc1. The van der Waals surface area contributed by atoms with Crippen LogP contribution < -0.4 is 4.90 Å². The number of hydrogen-bond acceptors (Lipinski definition) is 1. The first-order valence-corrected chi connectivity index (χ1v) is 9.75. The highest BCUT2D eigenvalue weighted by Crippen LogP contribution is 2.51. The van der Waals surface area contributed by atoms with Crippen LogP contribution in [0.4, 0.5) is 5.69 Å². The molecule has 0 aromatic heterocycles. The minimum absolute atomic E-state index is 0.00452. The van der Waals surface area contributed by atoms with E-state index in [9.17, 15) is 4.79 Å². The Balaban J connectivity index is 2.17. The van der Waals surface area contributed by atoms with Gasteiger partial charge in [-0.3, -0.25) is 9.69 Å². The van der Waals surface area contributed by atoms with E-state index in [1.807, 2.05) is 90.7 Å². The first-order chi connectivity index (χ1) is 14.2. The van der Waals surface area contributed by atoms with Gasteiger partial charge in [0.05, 0.1) is 0 Å². The molecule has 0 saturated heterocycles. The van der Waals surface area contributed by atoms with Gasteiger partial charge in [0.15, 0.2) is 0 Å². The van der Waals surface area contributed by atoms with Gasteiger partial charge < -0.3 is 0 Å². The second-order valence-corrected chi connectivity index (χ2v) is 6.96. The lowest BCUT2D eigenvalue weighted by atomic mass is 9.76. The molecule has 4 rings (SSSR count). The molecule has 2 nitrogen and oxygen atoms in total. The van der Waals surface area contributed by atoms with Gasteiger partial charge in [-0.15, -0.1) is 0 Å². The molecule has 1 aliphatic rings. The minimum atomic E-state index is -0.781. The molecule has 1 atom stereocenters. The van der Waals surface area contributed by atoms with Crippen molar-refractivity contribution >= 4 is 11.6 Å². The van der Waals surface area contributed by atoms with Gasteiger partial charge in [-0.1, -0.05) is 97.6 Å². The summed E-state index contributed by atoms with van der Waals surface area (Å²) in [4.78, 5) is 15.7. The molecule has 0 bridgehead atoms. The van der Waals surface area contributed by atoms with E-state index in [0.29, 0.717) is 0 Å². The molecular weight excluding hydrogens is 354 g/mol. The second-order valence-electron chi connectivity index (χ2n) is 6.96. The van der Waals surface area contributed by atoms with Gasteiger partial charge in [0.25, 0.3) is 5.91 Å². The minimum Gasteiger partial charge on any atom is -0.290 e. The maximum Gasteiger partial charge on any atom is 0.260 e. The zero-order chi connectivity index (χ0) is 20.3. The molecule has 1 heterocycles. The standard InChI is InChI=1S/C27H23NO/c1-3-13-21(14-4-2)27(22-15-7-5-8-16-22)25-20-12-11-19-24(25)26(29)28(27)23-17-9-6-10-18-23/h3-20H,1H2,2H3/b14-4-,21-13+. The number of rotatable bonds is 5. The van der Waals surface area contributed by atoms with Crippen LogP contribution in [0.15, 0.2) is 121 Å². The highest BCUT2D eigenvalue weighted by atomic mass is 16.2. The Morgan fingerprint density at radius 3 is 2.17 bits per heavy atom. The summed E-state index contributed by atoms with van der Waals surface area (Å²) < 4.78 is 0. The van der Waals surface area contributed by atoms with Crippen molar-refractivity contribution in [3.05, 3.63) is 138 Å². The number of amides is 1. The second kappa shape index (κ2) is 7.76. The summed E-state index contributed by atoms with van der Waals surface area (Å²) in [5.41, 5.74) is 3.80. The van der Waals surface area contributed by atoms with Crippen molar-refractivity contribution in [2.75, 3.05) is 4.90 Å². The van der Waals surface area contributed by atoms with Crippen LogP contribution in [0, 0.1) is 0 Å². The number of fused-ring (bicyclic) bond motifs is 1. The van der Waals surface area contributed by atoms with Gasteiger partial charge in [-0.2, -0.15) is 0 Å². The van der Waals surface area contributed by atoms with Crippen LogP contribution in [0.2, 0.25) is 0 Å². The van der Waals surface area contributed by atoms with Gasteiger partial charge in [-0.05, 0) is 41.8 Å². The predicted molar refractivity (Wildman–Crippen MR) is 120 cm³/mol. The summed E-state index contributed by atoms with van der Waals surface area (Å²) >= 11 is 0. The van der Waals surface area contributed by atoms with Crippen LogP contribution in [0.5, 0.6) is 0 Å². The van der Waals surface area contributed by atoms with Crippen molar-refractivity contribution < 1.29 is 4.79 Å². The van der Waals surface area contributed by atoms with Crippen molar-refractivity contribution in [3.8, 4) is 0 Å². The van der Waals surface area contributed by atoms with Crippen molar-refractivity contribution in [2.24, 2.45) is 0 Å². The zero-order valence-electron chi connectivity index (χ0n) is 16.5. The van der Waals surface area contributed by atoms with Crippen LogP contribution in [0.25, 0.3) is 0 Å². The molecule has 2 heteroatoms. The number of para-hydroxylation sites is 1. The predicted octanol–water partition coefficient (Wildman–Crippen LogP) is 6.28. The first kappa shape index (κ1) is 18.7. The Labute approximate surface area is 172 Å². The lowest BCUT2D eigenvalue weighted by Crippen LogP contribution is -2.46. The average molecular weight is 377 g/mol. The Morgan fingerprint density at radius 1 is 0.897 bits per heavy atom. The number of carbonyl (C=O) groups excluding carboxylic acids is 1. The van der Waals surface area contributed by atoms with Crippen molar-refractivity contribution in [1.82, 2.24) is 0 Å². The summed E-state index contributed by atoms with van der Waals surface area (Å²) in [7, 11) is 0. The molecule has 0 saturated carbocycles. The van der Waals surface area contributed by atoms with Crippen LogP contribution in [-0.2, 0) is 5.54 Å². The Hall–Kier alpha value is -3.65. The highest BCUT2D eigenvalue weighted by Gasteiger charge is 2.53. The van der Waals surface area contributed by atoms with E-state index >= 15 is 0 Å². The number of carbonyl (C=O) groups is 1. The van der Waals surface area contributed by atoms with Crippen LogP contribution in [0.1, 0.15) is 28.4 Å². The van der Waals surface area contributed by atoms with Crippen LogP contribution in [0.3, 0.4) is 0 Å². The molecule has 0 aliphatic carbocycles. The normalized spacial score (nSPS) is 18.9. The Kier molecular flexibility index (Phi) is 5.01. The van der Waals surface area contributed by atoms with E-state index < -0.39 is 5.54 Å². The quantitative estimate of drug-likeness (QED) is 0.479. The van der Waals surface area contributed by atoms with E-state index in [1.54, 1.807) is 6.08 Å². The van der Waals surface area contributed by atoms with E-state index in [-0.39, 0.29) is 5.91 Å². The molecule has 0 N–H and O–H groups in total. The number of allylic oxidation sites excluding steroid dienone is 3. The average Bonchev–Trinajstić information content (AvgIpc) is 3.04. The summed E-state index contributed by atoms with van der Waals surface area (Å²) in [6.07, 6.45) is 7.86. The fraction of sp³-hybridized carbons (Fsp3) is 0.0741. The van der Waals surface area contributed by atoms with Crippen molar-refractivity contribution in [2.45, 2.75) is 12.5 Å². The van der Waals surface area contributed by atoms with Crippen LogP contribution in [-0.4, -0.2) is 5.91 Å². The van der Waals surface area contributed by atoms with Crippen molar-refractivity contribution in [3.63, 3.8) is 0 Å². The summed E-state index contributed by atoms with van der Waals surface area (Å²) in [6.45, 7) is 5.93. The summed E-state index contributed by atoms with van der Waals surface area (Å²) in [6, 6.07) is 28.0. The Morgan fingerprint density at radius 2 is 1.52 bits per heavy atom. The number of nitrogens with zero attached hydrogens (tertiary/aromatic N) is 1. The van der Waals surface area contributed by atoms with Gasteiger partial charge in [0.1, 0.15) is 5.54 Å². The molecule has 3 aromatic carbocycles. The monoisotopic (exact) mass is 377 g/mol. The molecule has 0 spiro atoms. The zero-order valence-corrected chi connectivity index (χ0v) is 16.5. The highest BCUT2D eigenvalue weighted by molar-refractivity contribution is 6.14. The van der Waals surface area contributed by atoms with Gasteiger partial charge >= 0.3 is 0 Å². The molecular formula is C27H23NO. The third-order valence-electron chi connectivity index (χ3n) is 5.35. The molecule has 142 valence electrons. The number of anilines is 1. The largest absolute Gasteiger partial charge is 0.290 e. The molecule has 29 heavy (non-hydrogen) atoms. The van der Waals surface area contributed by atoms with Gasteiger partial charge in [-0.25, -0.2) is 0 Å². The molecule has 0 fully saturated rings. The lowest BCUT2D eigenvalue weighted by molar-refractivity contribution is 0.0986. The molecule has 3 aromatic rings. The van der Waals surface area contributed by atoms with E-state index in [2.05, 4.69) is 30.9 Å². The van der Waals surface area contributed by atoms with Gasteiger partial charge in [0.2, 0.25) is 0 Å². The lowest BCUT2D eigenvalue weighted by Gasteiger charge is -2.41. The molecule has 0 radical (unpaired) electrons. The third-order valence-corrected chi connectivity index (χ3v) is 5.35. The Bertz CT molecular complexity index is 1100. The first-order valence-electron chi connectivity index (χ1n) is 9.75. The maximum atomic E-state index is 13.7. The van der Waals surface area contributed by atoms with Crippen LogP contribution >= 0.6 is 0 Å². The molecule has 1 aliphatic heterocycles. The fourth-order valence-corrected chi connectivity index (χ4v) is 4.28. The van der Waals surface area contributed by atoms with Crippen molar-refractivity contribution in [1.29, 1.82) is 0 Å². The number of hydrogen-bond donors (Lipinski definition) is 0. The fourth-order valence-electron chi connectivity index (χ4n) is 4.28.